The van der Waals surface area contributed by atoms with Crippen molar-refractivity contribution in [3.05, 3.63) is 176 Å². The lowest BCUT2D eigenvalue weighted by Gasteiger charge is -2.10. The molecule has 7 aromatic carbocycles. The van der Waals surface area contributed by atoms with Crippen LogP contribution in [0.2, 0.25) is 0 Å². The van der Waals surface area contributed by atoms with Crippen molar-refractivity contribution in [1.82, 2.24) is 24.9 Å². The fraction of sp³-hybridized carbons (Fsp3) is 0. The van der Waals surface area contributed by atoms with Crippen LogP contribution in [0.3, 0.4) is 0 Å². The van der Waals surface area contributed by atoms with Crippen molar-refractivity contribution in [2.24, 2.45) is 0 Å². The number of aromatic nitrogens is 5. The van der Waals surface area contributed by atoms with Crippen LogP contribution in [0.5, 0.6) is 0 Å². The lowest BCUT2D eigenvalue weighted by Crippen LogP contribution is -2.00. The molecular weight excluding hydrogens is 723 g/mol. The Morgan fingerprint density at radius 2 is 0.857 bits per heavy atom. The predicted molar refractivity (Wildman–Crippen MR) is 234 cm³/mol. The van der Waals surface area contributed by atoms with E-state index in [-0.39, 0.29) is 0 Å². The zero-order chi connectivity index (χ0) is 37.0. The molecule has 56 heavy (non-hydrogen) atoms. The van der Waals surface area contributed by atoms with Crippen LogP contribution in [-0.2, 0) is 0 Å². The van der Waals surface area contributed by atoms with Gasteiger partial charge in [-0.1, -0.05) is 146 Å². The molecule has 0 aliphatic rings. The van der Waals surface area contributed by atoms with E-state index in [0.717, 1.165) is 70.1 Å². The first-order valence-corrected chi connectivity index (χ1v) is 20.0. The number of hydrogen-bond acceptors (Lipinski definition) is 7. The number of thiophene rings is 2. The second-order valence-electron chi connectivity index (χ2n) is 13.6. The van der Waals surface area contributed by atoms with Gasteiger partial charge in [-0.2, -0.15) is 0 Å². The zero-order valence-corrected chi connectivity index (χ0v) is 31.4. The summed E-state index contributed by atoms with van der Waals surface area (Å²) >= 11 is 3.52. The van der Waals surface area contributed by atoms with Crippen LogP contribution in [-0.4, -0.2) is 24.9 Å². The lowest BCUT2D eigenvalue weighted by atomic mass is 10.0. The summed E-state index contributed by atoms with van der Waals surface area (Å²) < 4.78 is 4.64. The zero-order valence-electron chi connectivity index (χ0n) is 29.8. The Bertz CT molecular complexity index is 3230. The van der Waals surface area contributed by atoms with E-state index in [0.29, 0.717) is 23.3 Å². The quantitative estimate of drug-likeness (QED) is 0.169. The van der Waals surface area contributed by atoms with E-state index in [9.17, 15) is 0 Å². The van der Waals surface area contributed by atoms with Crippen molar-refractivity contribution >= 4 is 63.1 Å². The SMILES string of the molecule is c1ccc(-c2ccc(-c3nc(-c4ccccc4)nc(-c4cccc5sc6ccc(-c7nc(-c8ccccc8)c8sc9ccccc9c8n7)cc6c45)n3)cc2)cc1. The molecule has 0 saturated heterocycles. The molecule has 0 aliphatic carbocycles. The fourth-order valence-electron chi connectivity index (χ4n) is 7.45. The Morgan fingerprint density at radius 1 is 0.321 bits per heavy atom. The van der Waals surface area contributed by atoms with Crippen LogP contribution in [0.4, 0.5) is 0 Å². The minimum Gasteiger partial charge on any atom is -0.226 e. The second-order valence-corrected chi connectivity index (χ2v) is 15.8. The molecule has 262 valence electrons. The third-order valence-corrected chi connectivity index (χ3v) is 12.5. The van der Waals surface area contributed by atoms with Crippen LogP contribution in [0.25, 0.3) is 108 Å². The fourth-order valence-corrected chi connectivity index (χ4v) is 9.71. The molecule has 5 nitrogen and oxygen atoms in total. The van der Waals surface area contributed by atoms with Crippen molar-refractivity contribution in [3.8, 4) is 67.9 Å². The molecule has 0 radical (unpaired) electrons. The van der Waals surface area contributed by atoms with Gasteiger partial charge in [0.1, 0.15) is 0 Å². The van der Waals surface area contributed by atoms with E-state index in [2.05, 4.69) is 133 Å². The topological polar surface area (TPSA) is 64.5 Å². The highest BCUT2D eigenvalue weighted by Gasteiger charge is 2.20. The number of rotatable bonds is 6. The molecule has 0 amide bonds. The van der Waals surface area contributed by atoms with Crippen LogP contribution >= 0.6 is 22.7 Å². The lowest BCUT2D eigenvalue weighted by molar-refractivity contribution is 1.08. The minimum atomic E-state index is 0.629. The van der Waals surface area contributed by atoms with Crippen molar-refractivity contribution in [2.45, 2.75) is 0 Å². The molecule has 0 N–H and O–H groups in total. The van der Waals surface area contributed by atoms with Gasteiger partial charge in [0.15, 0.2) is 23.3 Å². The first-order chi connectivity index (χ1) is 27.7. The number of fused-ring (bicyclic) bond motifs is 6. The molecule has 0 saturated carbocycles. The molecule has 0 unspecified atom stereocenters. The maximum atomic E-state index is 5.27. The van der Waals surface area contributed by atoms with Gasteiger partial charge in [-0.15, -0.1) is 22.7 Å². The van der Waals surface area contributed by atoms with Gasteiger partial charge in [0.25, 0.3) is 0 Å². The molecule has 7 heteroatoms. The Hall–Kier alpha value is -6.93. The standard InChI is InChI=1S/C49H29N5S2/c1-4-13-30(14-5-1)31-23-25-34(26-24-31)47-52-46(33-17-8-3-9-18-33)53-49(54-47)37-20-12-22-41-42(37)38-29-35(27-28-40(38)55-41)48-50-43(32-15-6-2-7-16-32)45-44(51-48)36-19-10-11-21-39(36)56-45/h1-29H. The first-order valence-electron chi connectivity index (χ1n) is 18.4. The van der Waals surface area contributed by atoms with Crippen LogP contribution in [0.15, 0.2) is 176 Å². The van der Waals surface area contributed by atoms with E-state index in [4.69, 9.17) is 24.9 Å². The third-order valence-electron chi connectivity index (χ3n) is 10.2. The molecule has 0 fully saturated rings. The van der Waals surface area contributed by atoms with Crippen molar-refractivity contribution in [3.63, 3.8) is 0 Å². The van der Waals surface area contributed by atoms with Gasteiger partial charge in [0.2, 0.25) is 0 Å². The largest absolute Gasteiger partial charge is 0.226 e. The van der Waals surface area contributed by atoms with E-state index < -0.39 is 0 Å². The second kappa shape index (κ2) is 13.4. The van der Waals surface area contributed by atoms with Gasteiger partial charge >= 0.3 is 0 Å². The van der Waals surface area contributed by atoms with Crippen molar-refractivity contribution < 1.29 is 0 Å². The van der Waals surface area contributed by atoms with Crippen LogP contribution < -0.4 is 0 Å². The highest BCUT2D eigenvalue weighted by Crippen LogP contribution is 2.43. The molecule has 0 bridgehead atoms. The summed E-state index contributed by atoms with van der Waals surface area (Å²) in [6.07, 6.45) is 0. The molecule has 0 spiro atoms. The average molecular weight is 752 g/mol. The molecular formula is C49H29N5S2. The molecule has 11 rings (SSSR count). The summed E-state index contributed by atoms with van der Waals surface area (Å²) in [6.45, 7) is 0. The molecule has 0 atom stereocenters. The van der Waals surface area contributed by atoms with Gasteiger partial charge in [-0.3, -0.25) is 0 Å². The van der Waals surface area contributed by atoms with Crippen LogP contribution in [0, 0.1) is 0 Å². The third kappa shape index (κ3) is 5.64. The van der Waals surface area contributed by atoms with Gasteiger partial charge in [-0.05, 0) is 41.5 Å². The van der Waals surface area contributed by atoms with Gasteiger partial charge in [-0.25, -0.2) is 24.9 Å². The Morgan fingerprint density at radius 3 is 1.61 bits per heavy atom. The molecule has 11 aromatic rings. The first kappa shape index (κ1) is 32.5. The highest BCUT2D eigenvalue weighted by molar-refractivity contribution is 7.26. The maximum absolute atomic E-state index is 5.27. The number of hydrogen-bond donors (Lipinski definition) is 0. The number of benzene rings is 7. The molecule has 0 aliphatic heterocycles. The normalized spacial score (nSPS) is 11.6. The van der Waals surface area contributed by atoms with E-state index in [1.165, 1.54) is 15.0 Å². The van der Waals surface area contributed by atoms with E-state index in [1.54, 1.807) is 22.7 Å². The Kier molecular flexibility index (Phi) is 7.79. The summed E-state index contributed by atoms with van der Waals surface area (Å²) in [4.78, 5) is 25.9. The van der Waals surface area contributed by atoms with E-state index in [1.807, 2.05) is 42.5 Å². The predicted octanol–water partition coefficient (Wildman–Crippen LogP) is 13.4. The maximum Gasteiger partial charge on any atom is 0.164 e. The summed E-state index contributed by atoms with van der Waals surface area (Å²) in [5.74, 6) is 2.59. The van der Waals surface area contributed by atoms with Crippen LogP contribution in [0.1, 0.15) is 0 Å². The Balaban J connectivity index is 1.09. The smallest absolute Gasteiger partial charge is 0.164 e. The summed E-state index contributed by atoms with van der Waals surface area (Å²) in [5.41, 5.74) is 9.10. The summed E-state index contributed by atoms with van der Waals surface area (Å²) in [7, 11) is 0. The van der Waals surface area contributed by atoms with Gasteiger partial charge in [0, 0.05) is 58.1 Å². The van der Waals surface area contributed by atoms with Crippen molar-refractivity contribution in [1.29, 1.82) is 0 Å². The number of nitrogens with zero attached hydrogens (tertiary/aromatic N) is 5. The van der Waals surface area contributed by atoms with Gasteiger partial charge in [0.05, 0.1) is 15.9 Å². The van der Waals surface area contributed by atoms with Crippen molar-refractivity contribution in [2.75, 3.05) is 0 Å². The Labute approximate surface area is 330 Å². The monoisotopic (exact) mass is 751 g/mol. The summed E-state index contributed by atoms with van der Waals surface area (Å²) in [5, 5.41) is 3.37. The minimum absolute atomic E-state index is 0.629. The van der Waals surface area contributed by atoms with E-state index >= 15 is 0 Å². The average Bonchev–Trinajstić information content (AvgIpc) is 3.85. The highest BCUT2D eigenvalue weighted by atomic mass is 32.1. The molecule has 4 aromatic heterocycles. The summed E-state index contributed by atoms with van der Waals surface area (Å²) in [6, 6.07) is 60.9. The molecule has 4 heterocycles. The van der Waals surface area contributed by atoms with Gasteiger partial charge < -0.3 is 0 Å².